The number of carbonyl (C=O) groups excluding carboxylic acids is 1. The van der Waals surface area contributed by atoms with Gasteiger partial charge in [0, 0.05) is 16.9 Å². The van der Waals surface area contributed by atoms with Gasteiger partial charge in [0.15, 0.2) is 6.29 Å². The molecule has 28 heavy (non-hydrogen) atoms. The summed E-state index contributed by atoms with van der Waals surface area (Å²) in [6.07, 6.45) is -2.32. The van der Waals surface area contributed by atoms with Crippen molar-refractivity contribution in [3.8, 4) is 5.75 Å². The number of carbonyl (C=O) groups is 1. The lowest BCUT2D eigenvalue weighted by molar-refractivity contribution is -0.274. The number of anilines is 2. The van der Waals surface area contributed by atoms with Crippen LogP contribution in [0.15, 0.2) is 72.8 Å². The second kappa shape index (κ2) is 8.61. The number of benzene rings is 3. The SMILES string of the molecule is O=Cc1ccc(CCc2ccccc2)cc1Nc1ccc(OC(F)(F)F)cc1. The fourth-order valence-corrected chi connectivity index (χ4v) is 2.80. The van der Waals surface area contributed by atoms with Crippen LogP contribution in [0.2, 0.25) is 0 Å². The fraction of sp³-hybridized carbons (Fsp3) is 0.136. The summed E-state index contributed by atoms with van der Waals surface area (Å²) in [5.41, 5.74) is 3.90. The van der Waals surface area contributed by atoms with Crippen LogP contribution >= 0.6 is 0 Å². The van der Waals surface area contributed by atoms with E-state index in [0.717, 1.165) is 24.7 Å². The first-order valence-corrected chi connectivity index (χ1v) is 8.68. The van der Waals surface area contributed by atoms with Crippen LogP contribution in [-0.4, -0.2) is 12.6 Å². The highest BCUT2D eigenvalue weighted by atomic mass is 19.4. The van der Waals surface area contributed by atoms with Gasteiger partial charge in [-0.05, 0) is 60.4 Å². The van der Waals surface area contributed by atoms with Gasteiger partial charge < -0.3 is 10.1 Å². The Hall–Kier alpha value is -3.28. The van der Waals surface area contributed by atoms with Crippen molar-refractivity contribution in [3.05, 3.63) is 89.5 Å². The molecule has 0 heterocycles. The monoisotopic (exact) mass is 385 g/mol. The number of ether oxygens (including phenoxy) is 1. The molecule has 3 rings (SSSR count). The number of aldehydes is 1. The zero-order valence-electron chi connectivity index (χ0n) is 14.9. The zero-order chi connectivity index (χ0) is 20.0. The Bertz CT molecular complexity index is 923. The first-order valence-electron chi connectivity index (χ1n) is 8.68. The Morgan fingerprint density at radius 1 is 0.857 bits per heavy atom. The van der Waals surface area contributed by atoms with E-state index in [1.165, 1.54) is 29.8 Å². The van der Waals surface area contributed by atoms with Crippen molar-refractivity contribution in [2.45, 2.75) is 19.2 Å². The molecule has 0 aromatic heterocycles. The summed E-state index contributed by atoms with van der Waals surface area (Å²) in [6, 6.07) is 20.9. The van der Waals surface area contributed by atoms with Gasteiger partial charge in [-0.2, -0.15) is 0 Å². The number of hydrogen-bond acceptors (Lipinski definition) is 3. The largest absolute Gasteiger partial charge is 0.573 e. The molecular formula is C22H18F3NO2. The van der Waals surface area contributed by atoms with E-state index in [-0.39, 0.29) is 5.75 Å². The molecule has 0 unspecified atom stereocenters. The van der Waals surface area contributed by atoms with Crippen LogP contribution in [-0.2, 0) is 12.8 Å². The zero-order valence-corrected chi connectivity index (χ0v) is 14.9. The lowest BCUT2D eigenvalue weighted by Crippen LogP contribution is -2.16. The Morgan fingerprint density at radius 2 is 1.54 bits per heavy atom. The predicted molar refractivity (Wildman–Crippen MR) is 102 cm³/mol. The maximum Gasteiger partial charge on any atom is 0.573 e. The van der Waals surface area contributed by atoms with Crippen LogP contribution in [0.5, 0.6) is 5.75 Å². The van der Waals surface area contributed by atoms with Crippen LogP contribution in [0, 0.1) is 0 Å². The predicted octanol–water partition coefficient (Wildman–Crippen LogP) is 5.93. The third-order valence-electron chi connectivity index (χ3n) is 4.16. The van der Waals surface area contributed by atoms with Crippen LogP contribution in [0.25, 0.3) is 0 Å². The standard InChI is InChI=1S/C22H18F3NO2/c23-22(24,25)28-20-12-10-19(11-13-20)26-21-14-17(8-9-18(21)15-27)7-6-16-4-2-1-3-5-16/h1-5,8-15,26H,6-7H2. The van der Waals surface area contributed by atoms with E-state index < -0.39 is 6.36 Å². The highest BCUT2D eigenvalue weighted by molar-refractivity contribution is 5.86. The molecule has 0 aliphatic heterocycles. The molecule has 0 saturated carbocycles. The molecular weight excluding hydrogens is 367 g/mol. The molecule has 0 aliphatic rings. The van der Waals surface area contributed by atoms with Crippen molar-refractivity contribution >= 4 is 17.7 Å². The van der Waals surface area contributed by atoms with Gasteiger partial charge in [-0.3, -0.25) is 4.79 Å². The lowest BCUT2D eigenvalue weighted by Gasteiger charge is -2.13. The molecule has 6 heteroatoms. The summed E-state index contributed by atoms with van der Waals surface area (Å²) in [5, 5.41) is 3.08. The average molecular weight is 385 g/mol. The average Bonchev–Trinajstić information content (AvgIpc) is 2.68. The molecule has 3 nitrogen and oxygen atoms in total. The van der Waals surface area contributed by atoms with Gasteiger partial charge in [-0.1, -0.05) is 36.4 Å². The van der Waals surface area contributed by atoms with E-state index >= 15 is 0 Å². The molecule has 1 N–H and O–H groups in total. The fourth-order valence-electron chi connectivity index (χ4n) is 2.80. The van der Waals surface area contributed by atoms with E-state index in [9.17, 15) is 18.0 Å². The maximum absolute atomic E-state index is 12.3. The topological polar surface area (TPSA) is 38.3 Å². The quantitative estimate of drug-likeness (QED) is 0.513. The number of aryl methyl sites for hydroxylation is 2. The van der Waals surface area contributed by atoms with Gasteiger partial charge in [0.25, 0.3) is 0 Å². The van der Waals surface area contributed by atoms with Crippen molar-refractivity contribution in [2.24, 2.45) is 0 Å². The lowest BCUT2D eigenvalue weighted by atomic mass is 10.0. The third kappa shape index (κ3) is 5.61. The van der Waals surface area contributed by atoms with Crippen molar-refractivity contribution < 1.29 is 22.7 Å². The summed E-state index contributed by atoms with van der Waals surface area (Å²) in [7, 11) is 0. The van der Waals surface area contributed by atoms with Gasteiger partial charge in [-0.25, -0.2) is 0 Å². The highest BCUT2D eigenvalue weighted by Gasteiger charge is 2.30. The van der Waals surface area contributed by atoms with Gasteiger partial charge in [0.1, 0.15) is 5.75 Å². The second-order valence-electron chi connectivity index (χ2n) is 6.22. The van der Waals surface area contributed by atoms with Gasteiger partial charge in [0.05, 0.1) is 0 Å². The van der Waals surface area contributed by atoms with E-state index in [0.29, 0.717) is 16.9 Å². The smallest absolute Gasteiger partial charge is 0.406 e. The molecule has 0 amide bonds. The molecule has 0 bridgehead atoms. The number of nitrogens with one attached hydrogen (secondary N) is 1. The summed E-state index contributed by atoms with van der Waals surface area (Å²) >= 11 is 0. The third-order valence-corrected chi connectivity index (χ3v) is 4.16. The molecule has 144 valence electrons. The van der Waals surface area contributed by atoms with E-state index in [1.54, 1.807) is 6.07 Å². The number of alkyl halides is 3. The second-order valence-corrected chi connectivity index (χ2v) is 6.22. The Labute approximate surface area is 160 Å². The number of halogens is 3. The van der Waals surface area contributed by atoms with Gasteiger partial charge in [0.2, 0.25) is 0 Å². The molecule has 0 spiro atoms. The summed E-state index contributed by atoms with van der Waals surface area (Å²) in [6.45, 7) is 0. The first kappa shape index (κ1) is 19.5. The maximum atomic E-state index is 12.3. The molecule has 3 aromatic rings. The molecule has 0 radical (unpaired) electrons. The molecule has 0 saturated heterocycles. The van der Waals surface area contributed by atoms with Crippen molar-refractivity contribution in [3.63, 3.8) is 0 Å². The number of rotatable bonds is 7. The molecule has 0 atom stereocenters. The van der Waals surface area contributed by atoms with Crippen LogP contribution in [0.4, 0.5) is 24.5 Å². The summed E-state index contributed by atoms with van der Waals surface area (Å²) in [4.78, 5) is 11.3. The minimum atomic E-state index is -4.73. The van der Waals surface area contributed by atoms with Crippen LogP contribution in [0.1, 0.15) is 21.5 Å². The summed E-state index contributed by atoms with van der Waals surface area (Å²) in [5.74, 6) is -0.301. The van der Waals surface area contributed by atoms with E-state index in [2.05, 4.69) is 22.2 Å². The van der Waals surface area contributed by atoms with E-state index in [1.807, 2.05) is 30.3 Å². The van der Waals surface area contributed by atoms with Gasteiger partial charge >= 0.3 is 6.36 Å². The minimum absolute atomic E-state index is 0.301. The van der Waals surface area contributed by atoms with Gasteiger partial charge in [-0.15, -0.1) is 13.2 Å². The molecule has 0 aliphatic carbocycles. The summed E-state index contributed by atoms with van der Waals surface area (Å²) < 4.78 is 40.6. The van der Waals surface area contributed by atoms with E-state index in [4.69, 9.17) is 0 Å². The first-order chi connectivity index (χ1) is 13.4. The van der Waals surface area contributed by atoms with Crippen LogP contribution < -0.4 is 10.1 Å². The Morgan fingerprint density at radius 3 is 2.18 bits per heavy atom. The molecule has 0 fully saturated rings. The van der Waals surface area contributed by atoms with Crippen molar-refractivity contribution in [1.29, 1.82) is 0 Å². The van der Waals surface area contributed by atoms with Crippen molar-refractivity contribution in [2.75, 3.05) is 5.32 Å². The van der Waals surface area contributed by atoms with Crippen molar-refractivity contribution in [1.82, 2.24) is 0 Å². The van der Waals surface area contributed by atoms with Crippen LogP contribution in [0.3, 0.4) is 0 Å². The Balaban J connectivity index is 1.72. The Kier molecular flexibility index (Phi) is 5.99. The molecule has 3 aromatic carbocycles. The normalized spacial score (nSPS) is 11.1. The highest BCUT2D eigenvalue weighted by Crippen LogP contribution is 2.27. The number of hydrogen-bond donors (Lipinski definition) is 1. The minimum Gasteiger partial charge on any atom is -0.406 e.